The summed E-state index contributed by atoms with van der Waals surface area (Å²) in [7, 11) is 0. The van der Waals surface area contributed by atoms with Gasteiger partial charge in [0.1, 0.15) is 0 Å². The Labute approximate surface area is 115 Å². The van der Waals surface area contributed by atoms with Gasteiger partial charge in [-0.3, -0.25) is 0 Å². The molecular formula is C12H20F3NO4. The molecule has 0 aliphatic carbocycles. The lowest BCUT2D eigenvalue weighted by atomic mass is 10.1. The molecule has 0 bridgehead atoms. The van der Waals surface area contributed by atoms with Crippen molar-refractivity contribution in [1.82, 2.24) is 5.32 Å². The molecular weight excluding hydrogens is 279 g/mol. The van der Waals surface area contributed by atoms with E-state index in [1.54, 1.807) is 0 Å². The third-order valence-electron chi connectivity index (χ3n) is 3.04. The molecule has 2 aliphatic heterocycles. The molecule has 2 heterocycles. The summed E-state index contributed by atoms with van der Waals surface area (Å²) in [6.45, 7) is 4.90. The van der Waals surface area contributed by atoms with Crippen molar-refractivity contribution in [1.29, 1.82) is 0 Å². The average Bonchev–Trinajstić information content (AvgIpc) is 2.33. The van der Waals surface area contributed by atoms with Gasteiger partial charge in [0.2, 0.25) is 0 Å². The Kier molecular flexibility index (Phi) is 7.25. The summed E-state index contributed by atoms with van der Waals surface area (Å²) >= 11 is 0. The van der Waals surface area contributed by atoms with E-state index in [0.29, 0.717) is 6.10 Å². The number of alkyl halides is 3. The number of carboxylic acids is 1. The predicted molar refractivity (Wildman–Crippen MR) is 64.5 cm³/mol. The zero-order valence-corrected chi connectivity index (χ0v) is 11.1. The van der Waals surface area contributed by atoms with Crippen LogP contribution >= 0.6 is 0 Å². The highest BCUT2D eigenvalue weighted by Crippen LogP contribution is 2.14. The monoisotopic (exact) mass is 299 g/mol. The Bertz CT molecular complexity index is 289. The van der Waals surface area contributed by atoms with E-state index in [9.17, 15) is 13.2 Å². The van der Waals surface area contributed by atoms with Crippen molar-refractivity contribution in [3.8, 4) is 0 Å². The number of hydrogen-bond acceptors (Lipinski definition) is 4. The summed E-state index contributed by atoms with van der Waals surface area (Å²) < 4.78 is 42.9. The lowest BCUT2D eigenvalue weighted by Crippen LogP contribution is -2.44. The van der Waals surface area contributed by atoms with Gasteiger partial charge in [0.05, 0.1) is 19.3 Å². The maximum Gasteiger partial charge on any atom is 0.490 e. The van der Waals surface area contributed by atoms with E-state index in [0.717, 1.165) is 38.8 Å². The Morgan fingerprint density at radius 2 is 1.95 bits per heavy atom. The standard InChI is InChI=1S/C10H19NO2.C2HF3O2/c1-2-4-13-10(3-1)8-12-7-9-5-11-6-9;3-2(4,5)1(6)7/h9-11H,1-8H2;(H,6,7). The Morgan fingerprint density at radius 3 is 2.35 bits per heavy atom. The molecule has 2 fully saturated rings. The SMILES string of the molecule is C1CCC(COCC2CNC2)OC1.O=C(O)C(F)(F)F. The minimum absolute atomic E-state index is 0.377. The highest BCUT2D eigenvalue weighted by molar-refractivity contribution is 5.73. The fourth-order valence-electron chi connectivity index (χ4n) is 1.77. The smallest absolute Gasteiger partial charge is 0.475 e. The van der Waals surface area contributed by atoms with Gasteiger partial charge in [0.25, 0.3) is 0 Å². The quantitative estimate of drug-likeness (QED) is 0.822. The van der Waals surface area contributed by atoms with Gasteiger partial charge in [0.15, 0.2) is 0 Å². The van der Waals surface area contributed by atoms with Gasteiger partial charge in [0, 0.05) is 25.6 Å². The van der Waals surface area contributed by atoms with Crippen LogP contribution in [0.3, 0.4) is 0 Å². The molecule has 2 rings (SSSR count). The zero-order chi connectivity index (χ0) is 15.0. The summed E-state index contributed by atoms with van der Waals surface area (Å²) in [6, 6.07) is 0. The van der Waals surface area contributed by atoms with E-state index in [1.807, 2.05) is 0 Å². The van der Waals surface area contributed by atoms with Crippen LogP contribution in [-0.2, 0) is 14.3 Å². The van der Waals surface area contributed by atoms with E-state index in [4.69, 9.17) is 19.4 Å². The van der Waals surface area contributed by atoms with Crippen molar-refractivity contribution in [2.75, 3.05) is 32.9 Å². The molecule has 2 saturated heterocycles. The van der Waals surface area contributed by atoms with E-state index in [2.05, 4.69) is 5.32 Å². The summed E-state index contributed by atoms with van der Waals surface area (Å²) in [5.41, 5.74) is 0. The average molecular weight is 299 g/mol. The van der Waals surface area contributed by atoms with Crippen molar-refractivity contribution in [3.05, 3.63) is 0 Å². The van der Waals surface area contributed by atoms with E-state index >= 15 is 0 Å². The molecule has 0 radical (unpaired) electrons. The van der Waals surface area contributed by atoms with Crippen LogP contribution in [0.1, 0.15) is 19.3 Å². The molecule has 0 saturated carbocycles. The third-order valence-corrected chi connectivity index (χ3v) is 3.04. The van der Waals surface area contributed by atoms with Crippen LogP contribution in [0.2, 0.25) is 0 Å². The first kappa shape index (κ1) is 17.2. The first-order valence-corrected chi connectivity index (χ1v) is 6.59. The number of aliphatic carboxylic acids is 1. The zero-order valence-electron chi connectivity index (χ0n) is 11.1. The van der Waals surface area contributed by atoms with Crippen LogP contribution < -0.4 is 5.32 Å². The number of carbonyl (C=O) groups is 1. The topological polar surface area (TPSA) is 67.8 Å². The number of rotatable bonds is 4. The molecule has 0 amide bonds. The number of carboxylic acid groups (broad SMARTS) is 1. The van der Waals surface area contributed by atoms with Crippen LogP contribution in [0.5, 0.6) is 0 Å². The molecule has 2 N–H and O–H groups in total. The van der Waals surface area contributed by atoms with E-state index in [-0.39, 0.29) is 0 Å². The second-order valence-electron chi connectivity index (χ2n) is 4.85. The van der Waals surface area contributed by atoms with Crippen LogP contribution in [0, 0.1) is 5.92 Å². The van der Waals surface area contributed by atoms with Crippen LogP contribution in [0.15, 0.2) is 0 Å². The van der Waals surface area contributed by atoms with Gasteiger partial charge in [-0.25, -0.2) is 4.79 Å². The van der Waals surface area contributed by atoms with Gasteiger partial charge in [-0.1, -0.05) is 0 Å². The molecule has 20 heavy (non-hydrogen) atoms. The minimum atomic E-state index is -5.08. The summed E-state index contributed by atoms with van der Waals surface area (Å²) in [5, 5.41) is 10.4. The fourth-order valence-corrected chi connectivity index (χ4v) is 1.77. The molecule has 118 valence electrons. The molecule has 2 aliphatic rings. The van der Waals surface area contributed by atoms with Crippen LogP contribution in [-0.4, -0.2) is 56.3 Å². The van der Waals surface area contributed by atoms with Crippen molar-refractivity contribution >= 4 is 5.97 Å². The molecule has 0 aromatic rings. The molecule has 1 atom stereocenters. The molecule has 5 nitrogen and oxygen atoms in total. The Hall–Kier alpha value is -0.860. The van der Waals surface area contributed by atoms with Crippen LogP contribution in [0.4, 0.5) is 13.2 Å². The van der Waals surface area contributed by atoms with Gasteiger partial charge in [-0.05, 0) is 19.3 Å². The maximum absolute atomic E-state index is 10.6. The second kappa shape index (κ2) is 8.43. The Balaban J connectivity index is 0.000000246. The molecule has 0 aromatic heterocycles. The number of hydrogen-bond donors (Lipinski definition) is 2. The van der Waals surface area contributed by atoms with Gasteiger partial charge >= 0.3 is 12.1 Å². The van der Waals surface area contributed by atoms with Gasteiger partial charge < -0.3 is 19.9 Å². The normalized spacial score (nSPS) is 23.4. The second-order valence-corrected chi connectivity index (χ2v) is 4.85. The molecule has 8 heteroatoms. The first-order chi connectivity index (χ1) is 9.39. The van der Waals surface area contributed by atoms with E-state index in [1.165, 1.54) is 19.3 Å². The first-order valence-electron chi connectivity index (χ1n) is 6.59. The summed E-state index contributed by atoms with van der Waals surface area (Å²) in [4.78, 5) is 8.90. The largest absolute Gasteiger partial charge is 0.490 e. The molecule has 0 spiro atoms. The number of halogens is 3. The summed E-state index contributed by atoms with van der Waals surface area (Å²) in [5.74, 6) is -2.00. The highest BCUT2D eigenvalue weighted by Gasteiger charge is 2.38. The number of ether oxygens (including phenoxy) is 2. The lowest BCUT2D eigenvalue weighted by Gasteiger charge is -2.28. The van der Waals surface area contributed by atoms with Crippen molar-refractivity contribution < 1.29 is 32.5 Å². The Morgan fingerprint density at radius 1 is 1.30 bits per heavy atom. The fraction of sp³-hybridized carbons (Fsp3) is 0.917. The van der Waals surface area contributed by atoms with Crippen molar-refractivity contribution in [3.63, 3.8) is 0 Å². The van der Waals surface area contributed by atoms with Crippen molar-refractivity contribution in [2.45, 2.75) is 31.5 Å². The third kappa shape index (κ3) is 7.06. The van der Waals surface area contributed by atoms with Crippen molar-refractivity contribution in [2.24, 2.45) is 5.92 Å². The minimum Gasteiger partial charge on any atom is -0.475 e. The van der Waals surface area contributed by atoms with Gasteiger partial charge in [-0.2, -0.15) is 13.2 Å². The van der Waals surface area contributed by atoms with Gasteiger partial charge in [-0.15, -0.1) is 0 Å². The van der Waals surface area contributed by atoms with Crippen LogP contribution in [0.25, 0.3) is 0 Å². The number of nitrogens with one attached hydrogen (secondary N) is 1. The predicted octanol–water partition coefficient (Wildman–Crippen LogP) is 1.42. The maximum atomic E-state index is 10.6. The molecule has 1 unspecified atom stereocenters. The summed E-state index contributed by atoms with van der Waals surface area (Å²) in [6.07, 6.45) is -0.993. The highest BCUT2D eigenvalue weighted by atomic mass is 19.4. The molecule has 0 aromatic carbocycles. The van der Waals surface area contributed by atoms with E-state index < -0.39 is 12.1 Å². The lowest BCUT2D eigenvalue weighted by molar-refractivity contribution is -0.192.